The third-order valence-corrected chi connectivity index (χ3v) is 4.16. The van der Waals surface area contributed by atoms with Crippen LogP contribution in [0, 0.1) is 0 Å². The van der Waals surface area contributed by atoms with Gasteiger partial charge in [0.15, 0.2) is 6.61 Å². The Morgan fingerprint density at radius 3 is 2.23 bits per heavy atom. The second-order valence-corrected chi connectivity index (χ2v) is 6.31. The lowest BCUT2D eigenvalue weighted by atomic mass is 10.2. The number of ether oxygens (including phenoxy) is 1. The van der Waals surface area contributed by atoms with E-state index in [1.807, 2.05) is 18.2 Å². The molecule has 0 saturated carbocycles. The zero-order chi connectivity index (χ0) is 21.3. The molecule has 3 amide bonds. The van der Waals surface area contributed by atoms with E-state index in [4.69, 9.17) is 4.74 Å². The van der Waals surface area contributed by atoms with Crippen molar-refractivity contribution in [1.82, 2.24) is 5.32 Å². The molecule has 7 nitrogen and oxygen atoms in total. The summed E-state index contributed by atoms with van der Waals surface area (Å²) < 4.78 is 5.58. The van der Waals surface area contributed by atoms with Gasteiger partial charge in [-0.1, -0.05) is 36.4 Å². The number of benzene rings is 3. The van der Waals surface area contributed by atoms with E-state index in [1.165, 1.54) is 7.05 Å². The van der Waals surface area contributed by atoms with Gasteiger partial charge < -0.3 is 20.7 Å². The monoisotopic (exact) mass is 403 g/mol. The van der Waals surface area contributed by atoms with Crippen LogP contribution in [-0.4, -0.2) is 31.4 Å². The number of hydrogen-bond donors (Lipinski definition) is 3. The molecular weight excluding hydrogens is 382 g/mol. The van der Waals surface area contributed by atoms with Gasteiger partial charge in [0.1, 0.15) is 5.75 Å². The smallest absolute Gasteiger partial charge is 0.262 e. The summed E-state index contributed by atoms with van der Waals surface area (Å²) in [6, 6.07) is 22.3. The Hall–Kier alpha value is -4.13. The summed E-state index contributed by atoms with van der Waals surface area (Å²) in [6.07, 6.45) is 0. The summed E-state index contributed by atoms with van der Waals surface area (Å²) in [5.41, 5.74) is 1.88. The lowest BCUT2D eigenvalue weighted by molar-refractivity contribution is -0.118. The van der Waals surface area contributed by atoms with Gasteiger partial charge in [-0.05, 0) is 42.5 Å². The molecule has 0 saturated heterocycles. The fourth-order valence-corrected chi connectivity index (χ4v) is 2.72. The second-order valence-electron chi connectivity index (χ2n) is 6.31. The zero-order valence-electron chi connectivity index (χ0n) is 16.3. The van der Waals surface area contributed by atoms with E-state index >= 15 is 0 Å². The van der Waals surface area contributed by atoms with Crippen molar-refractivity contribution >= 4 is 29.1 Å². The lowest BCUT2D eigenvalue weighted by Gasteiger charge is -2.12. The van der Waals surface area contributed by atoms with E-state index in [2.05, 4.69) is 16.0 Å². The molecule has 3 aromatic carbocycles. The average Bonchev–Trinajstić information content (AvgIpc) is 2.78. The van der Waals surface area contributed by atoms with E-state index in [0.29, 0.717) is 28.3 Å². The molecule has 30 heavy (non-hydrogen) atoms. The van der Waals surface area contributed by atoms with Crippen LogP contribution in [0.4, 0.5) is 11.4 Å². The van der Waals surface area contributed by atoms with Crippen molar-refractivity contribution in [3.05, 3.63) is 90.0 Å². The topological polar surface area (TPSA) is 96.5 Å². The summed E-state index contributed by atoms with van der Waals surface area (Å²) in [5, 5.41) is 7.99. The van der Waals surface area contributed by atoms with Gasteiger partial charge in [0.25, 0.3) is 17.7 Å². The third kappa shape index (κ3) is 5.45. The molecule has 3 rings (SSSR count). The number of para-hydroxylation sites is 2. The molecular formula is C23H21N3O4. The van der Waals surface area contributed by atoms with Crippen molar-refractivity contribution in [3.63, 3.8) is 0 Å². The van der Waals surface area contributed by atoms with Gasteiger partial charge in [0.2, 0.25) is 0 Å². The average molecular weight is 403 g/mol. The van der Waals surface area contributed by atoms with E-state index in [1.54, 1.807) is 60.7 Å². The number of nitrogens with one attached hydrogen (secondary N) is 3. The second kappa shape index (κ2) is 9.88. The van der Waals surface area contributed by atoms with Crippen molar-refractivity contribution in [2.24, 2.45) is 0 Å². The maximum Gasteiger partial charge on any atom is 0.262 e. The Morgan fingerprint density at radius 1 is 0.767 bits per heavy atom. The molecule has 0 spiro atoms. The largest absolute Gasteiger partial charge is 0.483 e. The first-order valence-corrected chi connectivity index (χ1v) is 9.27. The lowest BCUT2D eigenvalue weighted by Crippen LogP contribution is -2.22. The van der Waals surface area contributed by atoms with Crippen molar-refractivity contribution in [2.45, 2.75) is 0 Å². The summed E-state index contributed by atoms with van der Waals surface area (Å²) >= 11 is 0. The minimum atomic E-state index is -0.415. The van der Waals surface area contributed by atoms with Crippen LogP contribution in [0.3, 0.4) is 0 Å². The maximum atomic E-state index is 12.6. The van der Waals surface area contributed by atoms with Gasteiger partial charge in [-0.25, -0.2) is 0 Å². The van der Waals surface area contributed by atoms with Crippen LogP contribution in [0.1, 0.15) is 20.7 Å². The van der Waals surface area contributed by atoms with Crippen LogP contribution in [0.2, 0.25) is 0 Å². The zero-order valence-corrected chi connectivity index (χ0v) is 16.3. The van der Waals surface area contributed by atoms with E-state index in [0.717, 1.165) is 0 Å². The van der Waals surface area contributed by atoms with Gasteiger partial charge in [-0.2, -0.15) is 0 Å². The Bertz CT molecular complexity index is 1050. The Balaban J connectivity index is 1.63. The molecule has 3 N–H and O–H groups in total. The normalized spacial score (nSPS) is 10.0. The molecule has 0 fully saturated rings. The first kappa shape index (κ1) is 20.6. The highest BCUT2D eigenvalue weighted by Crippen LogP contribution is 2.20. The van der Waals surface area contributed by atoms with E-state index in [9.17, 15) is 14.4 Å². The van der Waals surface area contributed by atoms with Crippen LogP contribution >= 0.6 is 0 Å². The van der Waals surface area contributed by atoms with Crippen molar-refractivity contribution < 1.29 is 19.1 Å². The third-order valence-electron chi connectivity index (χ3n) is 4.16. The van der Waals surface area contributed by atoms with Crippen LogP contribution < -0.4 is 20.7 Å². The fourth-order valence-electron chi connectivity index (χ4n) is 2.72. The molecule has 7 heteroatoms. The standard InChI is InChI=1S/C23H21N3O4/c1-24-22(28)16-8-7-11-18(14-16)25-21(27)15-30-20-13-6-5-12-19(20)23(29)26-17-9-3-2-4-10-17/h2-14H,15H2,1H3,(H,24,28)(H,25,27)(H,26,29). The van der Waals surface area contributed by atoms with E-state index in [-0.39, 0.29) is 18.4 Å². The predicted molar refractivity (Wildman–Crippen MR) is 115 cm³/mol. The highest BCUT2D eigenvalue weighted by molar-refractivity contribution is 6.06. The summed E-state index contributed by atoms with van der Waals surface area (Å²) in [7, 11) is 1.53. The summed E-state index contributed by atoms with van der Waals surface area (Å²) in [4.78, 5) is 36.6. The first-order chi connectivity index (χ1) is 14.6. The minimum absolute atomic E-state index is 0.249. The molecule has 0 aliphatic rings. The SMILES string of the molecule is CNC(=O)c1cccc(NC(=O)COc2ccccc2C(=O)Nc2ccccc2)c1. The quantitative estimate of drug-likeness (QED) is 0.564. The molecule has 0 radical (unpaired) electrons. The molecule has 0 heterocycles. The first-order valence-electron chi connectivity index (χ1n) is 9.27. The van der Waals surface area contributed by atoms with Crippen LogP contribution in [-0.2, 0) is 4.79 Å². The number of hydrogen-bond acceptors (Lipinski definition) is 4. The van der Waals surface area contributed by atoms with Gasteiger partial charge in [-0.3, -0.25) is 14.4 Å². The van der Waals surface area contributed by atoms with Gasteiger partial charge >= 0.3 is 0 Å². The molecule has 0 bridgehead atoms. The fraction of sp³-hybridized carbons (Fsp3) is 0.0870. The van der Waals surface area contributed by atoms with Gasteiger partial charge in [-0.15, -0.1) is 0 Å². The molecule has 152 valence electrons. The molecule has 0 aromatic heterocycles. The number of anilines is 2. The molecule has 0 atom stereocenters. The number of carbonyl (C=O) groups is 3. The predicted octanol–water partition coefficient (Wildman–Crippen LogP) is 3.32. The number of amides is 3. The Morgan fingerprint density at radius 2 is 1.47 bits per heavy atom. The molecule has 0 unspecified atom stereocenters. The maximum absolute atomic E-state index is 12.6. The van der Waals surface area contributed by atoms with Gasteiger partial charge in [0, 0.05) is 24.0 Å². The molecule has 3 aromatic rings. The van der Waals surface area contributed by atoms with Crippen LogP contribution in [0.15, 0.2) is 78.9 Å². The van der Waals surface area contributed by atoms with Crippen molar-refractivity contribution in [1.29, 1.82) is 0 Å². The highest BCUT2D eigenvalue weighted by Gasteiger charge is 2.14. The minimum Gasteiger partial charge on any atom is -0.483 e. The van der Waals surface area contributed by atoms with Crippen LogP contribution in [0.5, 0.6) is 5.75 Å². The molecule has 0 aliphatic carbocycles. The van der Waals surface area contributed by atoms with Gasteiger partial charge in [0.05, 0.1) is 5.56 Å². The summed E-state index contributed by atoms with van der Waals surface area (Å²) in [6.45, 7) is -0.292. The van der Waals surface area contributed by atoms with Crippen LogP contribution in [0.25, 0.3) is 0 Å². The van der Waals surface area contributed by atoms with E-state index < -0.39 is 5.91 Å². The summed E-state index contributed by atoms with van der Waals surface area (Å²) in [5.74, 6) is -0.710. The van der Waals surface area contributed by atoms with Crippen molar-refractivity contribution in [2.75, 3.05) is 24.3 Å². The number of rotatable bonds is 7. The Kier molecular flexibility index (Phi) is 6.78. The number of carbonyl (C=O) groups excluding carboxylic acids is 3. The Labute approximate surface area is 174 Å². The molecule has 0 aliphatic heterocycles. The highest BCUT2D eigenvalue weighted by atomic mass is 16.5. The van der Waals surface area contributed by atoms with Crippen molar-refractivity contribution in [3.8, 4) is 5.75 Å².